The molecule has 2 heterocycles. The summed E-state index contributed by atoms with van der Waals surface area (Å²) in [5.41, 5.74) is 9.01. The molecule has 1 aliphatic carbocycles. The summed E-state index contributed by atoms with van der Waals surface area (Å²) in [5.74, 6) is 0.350. The van der Waals surface area contributed by atoms with Crippen molar-refractivity contribution in [3.05, 3.63) is 59.5 Å². The van der Waals surface area contributed by atoms with Crippen LogP contribution in [-0.2, 0) is 0 Å². The van der Waals surface area contributed by atoms with Crippen LogP contribution in [0.3, 0.4) is 0 Å². The van der Waals surface area contributed by atoms with Crippen molar-refractivity contribution in [3.63, 3.8) is 0 Å². The molecule has 4 rings (SSSR count). The minimum absolute atomic E-state index is 0.0700. The second kappa shape index (κ2) is 6.90. The zero-order valence-electron chi connectivity index (χ0n) is 14.7. The van der Waals surface area contributed by atoms with Gasteiger partial charge in [-0.05, 0) is 42.8 Å². The van der Waals surface area contributed by atoms with Gasteiger partial charge < -0.3 is 10.2 Å². The minimum atomic E-state index is -0.795. The molecule has 0 radical (unpaired) electrons. The fraction of sp³-hybridized carbons (Fsp3) is 0.250. The first-order valence-corrected chi connectivity index (χ1v) is 8.65. The molecule has 0 saturated heterocycles. The van der Waals surface area contributed by atoms with Crippen LogP contribution < -0.4 is 5.73 Å². The maximum atomic E-state index is 13.3. The third-order valence-corrected chi connectivity index (χ3v) is 4.62. The summed E-state index contributed by atoms with van der Waals surface area (Å²) in [7, 11) is 0. The Bertz CT molecular complexity index is 1030. The number of fused-ring (bicyclic) bond motifs is 1. The Hall–Kier alpha value is -3.09. The molecule has 0 spiro atoms. The van der Waals surface area contributed by atoms with E-state index in [1.807, 2.05) is 13.0 Å². The van der Waals surface area contributed by atoms with Crippen LogP contribution in [0.5, 0.6) is 0 Å². The Morgan fingerprint density at radius 3 is 2.70 bits per heavy atom. The van der Waals surface area contributed by atoms with Crippen LogP contribution in [0.15, 0.2) is 46.1 Å². The van der Waals surface area contributed by atoms with E-state index < -0.39 is 6.17 Å². The number of aryl methyl sites for hydroxylation is 1. The zero-order chi connectivity index (χ0) is 19.0. The molecule has 5 nitrogen and oxygen atoms in total. The van der Waals surface area contributed by atoms with Crippen molar-refractivity contribution in [1.29, 1.82) is 0 Å². The summed E-state index contributed by atoms with van der Waals surface area (Å²) in [6.45, 7) is 1.82. The number of halogens is 2. The number of hydrogen-bond acceptors (Lipinski definition) is 5. The van der Waals surface area contributed by atoms with Gasteiger partial charge in [-0.3, -0.25) is 4.99 Å². The third kappa shape index (κ3) is 3.45. The number of benzene rings is 1. The molecule has 2 N–H and O–H groups in total. The lowest BCUT2D eigenvalue weighted by Gasteiger charge is -2.25. The van der Waals surface area contributed by atoms with E-state index in [9.17, 15) is 8.78 Å². The summed E-state index contributed by atoms with van der Waals surface area (Å²) >= 11 is 0. The molecule has 2 aromatic heterocycles. The molecule has 1 aromatic carbocycles. The number of nitrogens with two attached hydrogens (primary N) is 1. The van der Waals surface area contributed by atoms with Crippen molar-refractivity contribution in [3.8, 4) is 0 Å². The highest BCUT2D eigenvalue weighted by Gasteiger charge is 2.28. The average Bonchev–Trinajstić information content (AvgIpc) is 3.01. The average molecular weight is 368 g/mol. The highest BCUT2D eigenvalue weighted by atomic mass is 19.1. The lowest BCUT2D eigenvalue weighted by atomic mass is 9.91. The van der Waals surface area contributed by atoms with Gasteiger partial charge in [-0.25, -0.2) is 18.7 Å². The maximum absolute atomic E-state index is 13.3. The largest absolute Gasteiger partial charge is 0.443 e. The molecule has 138 valence electrons. The van der Waals surface area contributed by atoms with Crippen LogP contribution in [-0.4, -0.2) is 28.4 Å². The van der Waals surface area contributed by atoms with Gasteiger partial charge in [0.2, 0.25) is 5.71 Å². The zero-order valence-corrected chi connectivity index (χ0v) is 14.7. The van der Waals surface area contributed by atoms with Crippen molar-refractivity contribution in [2.24, 2.45) is 10.7 Å². The molecule has 3 aromatic rings. The smallest absolute Gasteiger partial charge is 0.229 e. The van der Waals surface area contributed by atoms with Gasteiger partial charge >= 0.3 is 0 Å². The van der Waals surface area contributed by atoms with Crippen molar-refractivity contribution < 1.29 is 13.2 Å². The number of aromatic nitrogens is 2. The van der Waals surface area contributed by atoms with E-state index in [1.54, 1.807) is 18.3 Å². The monoisotopic (exact) mass is 368 g/mol. The molecular formula is C20H18F2N4O. The topological polar surface area (TPSA) is 77.3 Å². The van der Waals surface area contributed by atoms with Gasteiger partial charge in [0.1, 0.15) is 24.1 Å². The molecule has 0 amide bonds. The highest BCUT2D eigenvalue weighted by molar-refractivity contribution is 6.21. The Labute approximate surface area is 154 Å². The van der Waals surface area contributed by atoms with E-state index in [0.717, 1.165) is 0 Å². The number of aliphatic imine (C=N–C) groups is 1. The molecule has 0 atom stereocenters. The Morgan fingerprint density at radius 1 is 1.26 bits per heavy atom. The number of rotatable bonds is 4. The number of allylic oxidation sites excluding steroid dienone is 1. The van der Waals surface area contributed by atoms with Crippen LogP contribution in [0.2, 0.25) is 0 Å². The molecule has 1 fully saturated rings. The first kappa shape index (κ1) is 17.3. The van der Waals surface area contributed by atoms with Gasteiger partial charge in [0.15, 0.2) is 0 Å². The van der Waals surface area contributed by atoms with Gasteiger partial charge in [0, 0.05) is 30.3 Å². The molecule has 1 saturated carbocycles. The summed E-state index contributed by atoms with van der Waals surface area (Å²) in [5, 5.41) is 0.707. The normalized spacial score (nSPS) is 20.7. The van der Waals surface area contributed by atoms with Crippen molar-refractivity contribution in [2.75, 3.05) is 0 Å². The quantitative estimate of drug-likeness (QED) is 0.704. The number of nitrogens with zero attached hydrogens (tertiary/aromatic N) is 3. The Balaban J connectivity index is 1.84. The number of hydrogen-bond donors (Lipinski definition) is 1. The second-order valence-electron chi connectivity index (χ2n) is 6.63. The molecule has 0 bridgehead atoms. The Kier molecular flexibility index (Phi) is 4.43. The van der Waals surface area contributed by atoms with Gasteiger partial charge in [0.05, 0.1) is 17.1 Å². The lowest BCUT2D eigenvalue weighted by molar-refractivity contribution is 0.183. The minimum Gasteiger partial charge on any atom is -0.443 e. The predicted octanol–water partition coefficient (Wildman–Crippen LogP) is 4.07. The highest BCUT2D eigenvalue weighted by Crippen LogP contribution is 2.30. The van der Waals surface area contributed by atoms with Crippen molar-refractivity contribution >= 4 is 28.6 Å². The standard InChI is InChI=1S/C20H18F2N4O/c1-11-6-16-19(25-10-26-20(16)27-11)17(9-24-15-7-14(22)8-15)18(23)12-2-4-13(21)5-3-12/h2-6,9-10,14-15H,7-8,23H2,1H3/b18-17+,24-9?. The van der Waals surface area contributed by atoms with Gasteiger partial charge in [-0.2, -0.15) is 0 Å². The number of furan rings is 1. The summed E-state index contributed by atoms with van der Waals surface area (Å²) < 4.78 is 32.0. The van der Waals surface area contributed by atoms with Crippen LogP contribution in [0.25, 0.3) is 22.4 Å². The van der Waals surface area contributed by atoms with E-state index in [0.29, 0.717) is 52.2 Å². The van der Waals surface area contributed by atoms with Gasteiger partial charge in [-0.1, -0.05) is 0 Å². The van der Waals surface area contributed by atoms with E-state index in [1.165, 1.54) is 18.5 Å². The molecule has 0 aliphatic heterocycles. The van der Waals surface area contributed by atoms with Crippen LogP contribution in [0, 0.1) is 12.7 Å². The van der Waals surface area contributed by atoms with E-state index in [-0.39, 0.29) is 11.9 Å². The first-order valence-electron chi connectivity index (χ1n) is 8.65. The Morgan fingerprint density at radius 2 is 2.00 bits per heavy atom. The summed E-state index contributed by atoms with van der Waals surface area (Å²) in [6, 6.07) is 7.63. The van der Waals surface area contributed by atoms with Gasteiger partial charge in [-0.15, -0.1) is 0 Å². The van der Waals surface area contributed by atoms with E-state index in [4.69, 9.17) is 10.2 Å². The van der Waals surface area contributed by atoms with E-state index in [2.05, 4.69) is 15.0 Å². The third-order valence-electron chi connectivity index (χ3n) is 4.62. The van der Waals surface area contributed by atoms with Crippen molar-refractivity contribution in [2.45, 2.75) is 32.0 Å². The fourth-order valence-electron chi connectivity index (χ4n) is 3.06. The molecule has 27 heavy (non-hydrogen) atoms. The molecule has 1 aliphatic rings. The van der Waals surface area contributed by atoms with Crippen LogP contribution in [0.4, 0.5) is 8.78 Å². The van der Waals surface area contributed by atoms with Crippen LogP contribution >= 0.6 is 0 Å². The molecular weight excluding hydrogens is 350 g/mol. The van der Waals surface area contributed by atoms with Gasteiger partial charge in [0.25, 0.3) is 0 Å². The van der Waals surface area contributed by atoms with Crippen molar-refractivity contribution in [1.82, 2.24) is 9.97 Å². The predicted molar refractivity (Wildman–Crippen MR) is 100 cm³/mol. The number of alkyl halides is 1. The first-order chi connectivity index (χ1) is 13.0. The summed E-state index contributed by atoms with van der Waals surface area (Å²) in [6.07, 6.45) is 3.04. The fourth-order valence-corrected chi connectivity index (χ4v) is 3.06. The van der Waals surface area contributed by atoms with E-state index >= 15 is 0 Å². The van der Waals surface area contributed by atoms with Crippen LogP contribution in [0.1, 0.15) is 29.9 Å². The maximum Gasteiger partial charge on any atom is 0.229 e. The molecule has 7 heteroatoms. The lowest BCUT2D eigenvalue weighted by Crippen LogP contribution is -2.28. The second-order valence-corrected chi connectivity index (χ2v) is 6.63. The summed E-state index contributed by atoms with van der Waals surface area (Å²) in [4.78, 5) is 13.0. The molecule has 0 unspecified atom stereocenters. The SMILES string of the molecule is Cc1cc2c(/C(C=NC3CC(F)C3)=C(/N)c3ccc(F)cc3)ncnc2o1.